The maximum atomic E-state index is 11.9. The molecule has 3 N–H and O–H groups in total. The molecule has 20 heavy (non-hydrogen) atoms. The molecule has 0 radical (unpaired) electrons. The summed E-state index contributed by atoms with van der Waals surface area (Å²) >= 11 is 8.67. The Morgan fingerprint density at radius 1 is 1.50 bits per heavy atom. The van der Waals surface area contributed by atoms with Gasteiger partial charge in [0.2, 0.25) is 11.0 Å². The summed E-state index contributed by atoms with van der Waals surface area (Å²) in [7, 11) is 0. The van der Waals surface area contributed by atoms with Crippen LogP contribution in [0.25, 0.3) is 0 Å². The molecular formula is C12H13ClN4OS2. The molecule has 106 valence electrons. The van der Waals surface area contributed by atoms with Crippen molar-refractivity contribution < 1.29 is 4.79 Å². The molecule has 0 aliphatic carbocycles. The minimum absolute atomic E-state index is 0.0869. The molecule has 0 saturated heterocycles. The summed E-state index contributed by atoms with van der Waals surface area (Å²) in [5.74, 6) is 0.180. The number of rotatable bonds is 5. The highest BCUT2D eigenvalue weighted by Crippen LogP contribution is 2.24. The molecule has 8 heteroatoms. The average molecular weight is 329 g/mol. The van der Waals surface area contributed by atoms with Crippen LogP contribution in [0.3, 0.4) is 0 Å². The molecule has 5 nitrogen and oxygen atoms in total. The van der Waals surface area contributed by atoms with Gasteiger partial charge in [0.1, 0.15) is 0 Å². The fourth-order valence-electron chi connectivity index (χ4n) is 1.59. The summed E-state index contributed by atoms with van der Waals surface area (Å²) in [6.45, 7) is 1.90. The fraction of sp³-hybridized carbons (Fsp3) is 0.250. The van der Waals surface area contributed by atoms with E-state index in [2.05, 4.69) is 15.5 Å². The van der Waals surface area contributed by atoms with Gasteiger partial charge in [-0.1, -0.05) is 52.9 Å². The van der Waals surface area contributed by atoms with Gasteiger partial charge in [-0.2, -0.15) is 0 Å². The Morgan fingerprint density at radius 3 is 2.90 bits per heavy atom. The van der Waals surface area contributed by atoms with Gasteiger partial charge in [0.05, 0.1) is 11.8 Å². The highest BCUT2D eigenvalue weighted by molar-refractivity contribution is 8.01. The molecule has 0 bridgehead atoms. The number of nitrogens with zero attached hydrogens (tertiary/aromatic N) is 2. The van der Waals surface area contributed by atoms with Gasteiger partial charge in [0, 0.05) is 5.02 Å². The summed E-state index contributed by atoms with van der Waals surface area (Å²) in [6, 6.07) is 7.31. The zero-order valence-electron chi connectivity index (χ0n) is 10.7. The second kappa shape index (κ2) is 6.92. The first-order chi connectivity index (χ1) is 9.56. The number of aromatic nitrogens is 2. The van der Waals surface area contributed by atoms with Crippen LogP contribution in [-0.4, -0.2) is 21.9 Å². The number of nitrogens with one attached hydrogen (secondary N) is 1. The average Bonchev–Trinajstić information content (AvgIpc) is 2.82. The van der Waals surface area contributed by atoms with Crippen molar-refractivity contribution in [3.63, 3.8) is 0 Å². The predicted molar refractivity (Wildman–Crippen MR) is 83.1 cm³/mol. The molecule has 1 amide bonds. The van der Waals surface area contributed by atoms with E-state index in [1.54, 1.807) is 6.07 Å². The van der Waals surface area contributed by atoms with Crippen molar-refractivity contribution in [3.05, 3.63) is 34.9 Å². The molecule has 0 spiro atoms. The van der Waals surface area contributed by atoms with Crippen LogP contribution in [0.4, 0.5) is 5.13 Å². The number of benzene rings is 1. The van der Waals surface area contributed by atoms with Gasteiger partial charge in [-0.15, -0.1) is 10.2 Å². The Bertz CT molecular complexity index is 605. The lowest BCUT2D eigenvalue weighted by Crippen LogP contribution is -2.28. The number of hydrogen-bond acceptors (Lipinski definition) is 6. The van der Waals surface area contributed by atoms with Crippen molar-refractivity contribution in [2.75, 3.05) is 11.5 Å². The molecule has 1 aromatic heterocycles. The highest BCUT2D eigenvalue weighted by Gasteiger charge is 2.13. The van der Waals surface area contributed by atoms with Crippen LogP contribution < -0.4 is 11.1 Å². The summed E-state index contributed by atoms with van der Waals surface area (Å²) in [6.07, 6.45) is 0. The molecule has 0 fully saturated rings. The zero-order valence-corrected chi connectivity index (χ0v) is 13.1. The third-order valence-electron chi connectivity index (χ3n) is 2.50. The summed E-state index contributed by atoms with van der Waals surface area (Å²) < 4.78 is 0.683. The first-order valence-electron chi connectivity index (χ1n) is 5.82. The van der Waals surface area contributed by atoms with Crippen molar-refractivity contribution in [1.29, 1.82) is 0 Å². The minimum Gasteiger partial charge on any atom is -0.374 e. The number of amides is 1. The number of halogens is 1. The molecule has 1 heterocycles. The van der Waals surface area contributed by atoms with Gasteiger partial charge in [-0.25, -0.2) is 0 Å². The molecule has 0 aliphatic rings. The van der Waals surface area contributed by atoms with Crippen LogP contribution in [0.2, 0.25) is 5.02 Å². The smallest absolute Gasteiger partial charge is 0.230 e. The van der Waals surface area contributed by atoms with Crippen molar-refractivity contribution >= 4 is 45.7 Å². The van der Waals surface area contributed by atoms with E-state index in [1.165, 1.54) is 23.1 Å². The molecule has 0 saturated carbocycles. The Kier molecular flexibility index (Phi) is 5.22. The summed E-state index contributed by atoms with van der Waals surface area (Å²) in [5.41, 5.74) is 6.37. The molecule has 1 aromatic carbocycles. The predicted octanol–water partition coefficient (Wildman–Crippen LogP) is 2.74. The topological polar surface area (TPSA) is 80.9 Å². The summed E-state index contributed by atoms with van der Waals surface area (Å²) in [4.78, 5) is 11.9. The Labute approximate surface area is 129 Å². The lowest BCUT2D eigenvalue weighted by atomic mass is 10.1. The lowest BCUT2D eigenvalue weighted by Gasteiger charge is -2.15. The highest BCUT2D eigenvalue weighted by atomic mass is 35.5. The SMILES string of the molecule is C[C@H](NC(=O)CSc1nnc(N)s1)c1ccccc1Cl. The molecule has 2 rings (SSSR count). The minimum atomic E-state index is -0.142. The molecule has 1 atom stereocenters. The second-order valence-electron chi connectivity index (χ2n) is 4.01. The Morgan fingerprint density at radius 2 is 2.25 bits per heavy atom. The number of carbonyl (C=O) groups is 1. The Hall–Kier alpha value is -1.31. The van der Waals surface area contributed by atoms with Crippen LogP contribution in [-0.2, 0) is 4.79 Å². The number of carbonyl (C=O) groups excluding carboxylic acids is 1. The Balaban J connectivity index is 1.87. The molecule has 2 aromatic rings. The van der Waals surface area contributed by atoms with Crippen LogP contribution >= 0.6 is 34.7 Å². The van der Waals surface area contributed by atoms with Crippen molar-refractivity contribution in [2.24, 2.45) is 0 Å². The lowest BCUT2D eigenvalue weighted by molar-refractivity contribution is -0.119. The molecule has 0 aliphatic heterocycles. The monoisotopic (exact) mass is 328 g/mol. The van der Waals surface area contributed by atoms with E-state index in [4.69, 9.17) is 17.3 Å². The van der Waals surface area contributed by atoms with Crippen LogP contribution in [0.5, 0.6) is 0 Å². The number of nitrogen functional groups attached to an aromatic ring is 1. The first-order valence-corrected chi connectivity index (χ1v) is 8.00. The third-order valence-corrected chi connectivity index (χ3v) is 4.73. The van der Waals surface area contributed by atoms with E-state index >= 15 is 0 Å². The van der Waals surface area contributed by atoms with E-state index < -0.39 is 0 Å². The third kappa shape index (κ3) is 4.09. The number of hydrogen-bond donors (Lipinski definition) is 2. The van der Waals surface area contributed by atoms with Gasteiger partial charge in [-0.05, 0) is 18.6 Å². The van der Waals surface area contributed by atoms with Crippen LogP contribution in [0.15, 0.2) is 28.6 Å². The normalized spacial score (nSPS) is 12.1. The fourth-order valence-corrected chi connectivity index (χ4v) is 3.34. The second-order valence-corrected chi connectivity index (χ2v) is 6.64. The van der Waals surface area contributed by atoms with Crippen molar-refractivity contribution in [3.8, 4) is 0 Å². The number of anilines is 1. The van der Waals surface area contributed by atoms with E-state index in [0.29, 0.717) is 14.5 Å². The van der Waals surface area contributed by atoms with Crippen molar-refractivity contribution in [2.45, 2.75) is 17.3 Å². The van der Waals surface area contributed by atoms with E-state index in [9.17, 15) is 4.79 Å². The van der Waals surface area contributed by atoms with Gasteiger partial charge in [0.15, 0.2) is 4.34 Å². The zero-order chi connectivity index (χ0) is 14.5. The maximum absolute atomic E-state index is 11.9. The van der Waals surface area contributed by atoms with Gasteiger partial charge in [-0.3, -0.25) is 4.79 Å². The van der Waals surface area contributed by atoms with E-state index in [0.717, 1.165) is 5.56 Å². The number of thioether (sulfide) groups is 1. The van der Waals surface area contributed by atoms with E-state index in [-0.39, 0.29) is 17.7 Å². The quantitative estimate of drug-likeness (QED) is 0.825. The van der Waals surface area contributed by atoms with Crippen LogP contribution in [0, 0.1) is 0 Å². The molecule has 0 unspecified atom stereocenters. The first kappa shape index (κ1) is 15.1. The number of nitrogens with two attached hydrogens (primary N) is 1. The van der Waals surface area contributed by atoms with Gasteiger partial charge < -0.3 is 11.1 Å². The standard InChI is InChI=1S/C12H13ClN4OS2/c1-7(8-4-2-3-5-9(8)13)15-10(18)6-19-12-17-16-11(14)20-12/h2-5,7H,6H2,1H3,(H2,14,16)(H,15,18)/t7-/m0/s1. The van der Waals surface area contributed by atoms with Gasteiger partial charge in [0.25, 0.3) is 0 Å². The van der Waals surface area contributed by atoms with Crippen molar-refractivity contribution in [1.82, 2.24) is 15.5 Å². The van der Waals surface area contributed by atoms with E-state index in [1.807, 2.05) is 25.1 Å². The van der Waals surface area contributed by atoms with Gasteiger partial charge >= 0.3 is 0 Å². The summed E-state index contributed by atoms with van der Waals surface area (Å²) in [5, 5.41) is 11.5. The molecular weight excluding hydrogens is 316 g/mol. The van der Waals surface area contributed by atoms with Crippen LogP contribution in [0.1, 0.15) is 18.5 Å². The largest absolute Gasteiger partial charge is 0.374 e. The maximum Gasteiger partial charge on any atom is 0.230 e.